The summed E-state index contributed by atoms with van der Waals surface area (Å²) in [4.78, 5) is 28.3. The number of ether oxygens (including phenoxy) is 1. The summed E-state index contributed by atoms with van der Waals surface area (Å²) >= 11 is 1.27. The summed E-state index contributed by atoms with van der Waals surface area (Å²) in [6.07, 6.45) is 5.31. The van der Waals surface area contributed by atoms with E-state index in [1.54, 1.807) is 17.5 Å². The molecule has 2 saturated carbocycles. The number of rotatable bonds is 6. The van der Waals surface area contributed by atoms with Crippen molar-refractivity contribution in [2.24, 2.45) is 17.8 Å². The first-order chi connectivity index (χ1) is 13.1. The van der Waals surface area contributed by atoms with Gasteiger partial charge in [-0.1, -0.05) is 6.42 Å². The van der Waals surface area contributed by atoms with E-state index in [9.17, 15) is 14.0 Å². The van der Waals surface area contributed by atoms with Crippen molar-refractivity contribution >= 4 is 28.3 Å². The number of hydrogen-bond donors (Lipinski definition) is 1. The molecule has 27 heavy (non-hydrogen) atoms. The van der Waals surface area contributed by atoms with E-state index in [1.165, 1.54) is 42.7 Å². The highest BCUT2D eigenvalue weighted by Crippen LogP contribution is 2.49. The third-order valence-corrected chi connectivity index (χ3v) is 6.33. The Hall–Kier alpha value is -2.28. The zero-order valence-electron chi connectivity index (χ0n) is 14.8. The third kappa shape index (κ3) is 4.35. The number of hydrogen-bond acceptors (Lipinski definition) is 5. The summed E-state index contributed by atoms with van der Waals surface area (Å²) in [5, 5.41) is 4.84. The summed E-state index contributed by atoms with van der Waals surface area (Å²) < 4.78 is 18.1. The number of aromatic nitrogens is 1. The lowest BCUT2D eigenvalue weighted by Crippen LogP contribution is -2.23. The lowest BCUT2D eigenvalue weighted by Gasteiger charge is -2.20. The Morgan fingerprint density at radius 2 is 2.04 bits per heavy atom. The first-order valence-corrected chi connectivity index (χ1v) is 10.1. The molecule has 2 fully saturated rings. The number of carbonyl (C=O) groups excluding carboxylic acids is 2. The van der Waals surface area contributed by atoms with E-state index >= 15 is 0 Å². The molecule has 3 atom stereocenters. The molecule has 0 radical (unpaired) electrons. The Labute approximate surface area is 161 Å². The van der Waals surface area contributed by atoms with Crippen molar-refractivity contribution in [3.63, 3.8) is 0 Å². The van der Waals surface area contributed by atoms with E-state index < -0.39 is 5.91 Å². The van der Waals surface area contributed by atoms with Crippen LogP contribution in [-0.2, 0) is 14.3 Å². The molecule has 142 valence electrons. The minimum atomic E-state index is -0.406. The maximum absolute atomic E-state index is 13.0. The molecule has 5 nitrogen and oxygen atoms in total. The molecule has 1 amide bonds. The Balaban J connectivity index is 1.23. The van der Waals surface area contributed by atoms with Crippen molar-refractivity contribution in [1.82, 2.24) is 4.98 Å². The summed E-state index contributed by atoms with van der Waals surface area (Å²) in [6.45, 7) is -0.300. The molecule has 2 aromatic rings. The van der Waals surface area contributed by atoms with Gasteiger partial charge in [-0.2, -0.15) is 0 Å². The van der Waals surface area contributed by atoms with Crippen LogP contribution in [0.4, 0.5) is 9.52 Å². The minimum absolute atomic E-state index is 0.297. The molecular formula is C20H21FN2O3S. The van der Waals surface area contributed by atoms with Crippen LogP contribution in [0.3, 0.4) is 0 Å². The SMILES string of the molecule is O=C(COC(=O)CC1CC2CCC1C2)Nc1nc(-c2ccc(F)cc2)cs1. The first-order valence-electron chi connectivity index (χ1n) is 9.24. The second-order valence-corrected chi connectivity index (χ2v) is 8.25. The number of benzene rings is 1. The van der Waals surface area contributed by atoms with Crippen LogP contribution in [0.15, 0.2) is 29.6 Å². The molecule has 2 aliphatic carbocycles. The van der Waals surface area contributed by atoms with Gasteiger partial charge in [0.1, 0.15) is 5.82 Å². The van der Waals surface area contributed by atoms with Crippen LogP contribution < -0.4 is 5.32 Å². The van der Waals surface area contributed by atoms with Crippen LogP contribution in [0.25, 0.3) is 11.3 Å². The first kappa shape index (κ1) is 18.1. The minimum Gasteiger partial charge on any atom is -0.456 e. The predicted octanol–water partition coefficient (Wildman–Crippen LogP) is 4.26. The number of amides is 1. The molecule has 1 aromatic heterocycles. The predicted molar refractivity (Wildman–Crippen MR) is 101 cm³/mol. The summed E-state index contributed by atoms with van der Waals surface area (Å²) in [5.41, 5.74) is 1.43. The number of fused-ring (bicyclic) bond motifs is 2. The third-order valence-electron chi connectivity index (χ3n) is 5.57. The number of halogens is 1. The molecule has 0 saturated heterocycles. The monoisotopic (exact) mass is 388 g/mol. The maximum Gasteiger partial charge on any atom is 0.306 e. The number of carbonyl (C=O) groups is 2. The molecule has 4 rings (SSSR count). The molecule has 7 heteroatoms. The van der Waals surface area contributed by atoms with E-state index in [4.69, 9.17) is 4.74 Å². The fourth-order valence-corrected chi connectivity index (χ4v) is 5.02. The average Bonchev–Trinajstić information content (AvgIpc) is 3.38. The Kier molecular flexibility index (Phi) is 5.20. The summed E-state index contributed by atoms with van der Waals surface area (Å²) in [6, 6.07) is 5.99. The van der Waals surface area contributed by atoms with Gasteiger partial charge in [-0.25, -0.2) is 9.37 Å². The van der Waals surface area contributed by atoms with Gasteiger partial charge in [0.25, 0.3) is 5.91 Å². The number of nitrogens with zero attached hydrogens (tertiary/aromatic N) is 1. The van der Waals surface area contributed by atoms with Crippen LogP contribution >= 0.6 is 11.3 Å². The molecular weight excluding hydrogens is 367 g/mol. The van der Waals surface area contributed by atoms with Crippen LogP contribution in [0, 0.1) is 23.6 Å². The lowest BCUT2D eigenvalue weighted by molar-refractivity contribution is -0.148. The topological polar surface area (TPSA) is 68.3 Å². The highest BCUT2D eigenvalue weighted by Gasteiger charge is 2.40. The van der Waals surface area contributed by atoms with E-state index in [-0.39, 0.29) is 18.4 Å². The molecule has 0 aliphatic heterocycles. The van der Waals surface area contributed by atoms with Crippen LogP contribution in [0.2, 0.25) is 0 Å². The van der Waals surface area contributed by atoms with Gasteiger partial charge in [0.05, 0.1) is 5.69 Å². The number of anilines is 1. The Morgan fingerprint density at radius 3 is 2.74 bits per heavy atom. The summed E-state index contributed by atoms with van der Waals surface area (Å²) in [7, 11) is 0. The molecule has 2 aliphatic rings. The van der Waals surface area contributed by atoms with Crippen LogP contribution in [-0.4, -0.2) is 23.5 Å². The lowest BCUT2D eigenvalue weighted by atomic mass is 9.86. The van der Waals surface area contributed by atoms with Gasteiger partial charge < -0.3 is 4.74 Å². The molecule has 1 aromatic carbocycles. The standard InChI is InChI=1S/C20H21FN2O3S/c21-16-5-3-13(4-6-16)17-11-27-20(22-17)23-18(24)10-26-19(25)9-15-8-12-1-2-14(15)7-12/h3-6,11-12,14-15H,1-2,7-10H2,(H,22,23,24). The van der Waals surface area contributed by atoms with Crippen molar-refractivity contribution < 1.29 is 18.7 Å². The zero-order chi connectivity index (χ0) is 18.8. The highest BCUT2D eigenvalue weighted by atomic mass is 32.1. The Morgan fingerprint density at radius 1 is 1.22 bits per heavy atom. The van der Waals surface area contributed by atoms with Crippen molar-refractivity contribution in [2.75, 3.05) is 11.9 Å². The maximum atomic E-state index is 13.0. The van der Waals surface area contributed by atoms with Gasteiger partial charge in [0.2, 0.25) is 0 Å². The Bertz CT molecular complexity index is 836. The number of esters is 1. The van der Waals surface area contributed by atoms with Crippen molar-refractivity contribution in [2.45, 2.75) is 32.1 Å². The van der Waals surface area contributed by atoms with Crippen molar-refractivity contribution in [3.8, 4) is 11.3 Å². The van der Waals surface area contributed by atoms with Gasteiger partial charge in [-0.3, -0.25) is 14.9 Å². The number of nitrogens with one attached hydrogen (secondary N) is 1. The van der Waals surface area contributed by atoms with Gasteiger partial charge in [-0.15, -0.1) is 11.3 Å². The van der Waals surface area contributed by atoms with Crippen LogP contribution in [0.1, 0.15) is 32.1 Å². The second kappa shape index (κ2) is 7.76. The largest absolute Gasteiger partial charge is 0.456 e. The average molecular weight is 388 g/mol. The van der Waals surface area contributed by atoms with Gasteiger partial charge in [-0.05, 0) is 61.3 Å². The van der Waals surface area contributed by atoms with Crippen molar-refractivity contribution in [1.29, 1.82) is 0 Å². The zero-order valence-corrected chi connectivity index (χ0v) is 15.6. The van der Waals surface area contributed by atoms with E-state index in [0.29, 0.717) is 29.1 Å². The highest BCUT2D eigenvalue weighted by molar-refractivity contribution is 7.14. The fraction of sp³-hybridized carbons (Fsp3) is 0.450. The van der Waals surface area contributed by atoms with E-state index in [1.807, 2.05) is 0 Å². The molecule has 0 spiro atoms. The van der Waals surface area contributed by atoms with E-state index in [0.717, 1.165) is 17.9 Å². The molecule has 1 heterocycles. The second-order valence-electron chi connectivity index (χ2n) is 7.39. The van der Waals surface area contributed by atoms with Gasteiger partial charge in [0.15, 0.2) is 11.7 Å². The van der Waals surface area contributed by atoms with Gasteiger partial charge >= 0.3 is 5.97 Å². The van der Waals surface area contributed by atoms with Gasteiger partial charge in [0, 0.05) is 17.4 Å². The van der Waals surface area contributed by atoms with Crippen molar-refractivity contribution in [3.05, 3.63) is 35.5 Å². The molecule has 2 bridgehead atoms. The fourth-order valence-electron chi connectivity index (χ4n) is 4.29. The number of thiazole rings is 1. The molecule has 3 unspecified atom stereocenters. The summed E-state index contributed by atoms with van der Waals surface area (Å²) in [5.74, 6) is 0.865. The normalized spacial score (nSPS) is 23.4. The molecule has 1 N–H and O–H groups in total. The smallest absolute Gasteiger partial charge is 0.306 e. The van der Waals surface area contributed by atoms with E-state index in [2.05, 4.69) is 10.3 Å². The quantitative estimate of drug-likeness (QED) is 0.751. The van der Waals surface area contributed by atoms with Crippen LogP contribution in [0.5, 0.6) is 0 Å².